The summed E-state index contributed by atoms with van der Waals surface area (Å²) < 4.78 is 30.5. The van der Waals surface area contributed by atoms with Crippen molar-refractivity contribution in [3.05, 3.63) is 25.5 Å². The highest BCUT2D eigenvalue weighted by atomic mass is 127. The molecule has 3 nitrogen and oxygen atoms in total. The van der Waals surface area contributed by atoms with E-state index in [0.29, 0.717) is 10.2 Å². The van der Waals surface area contributed by atoms with E-state index in [1.54, 1.807) is 29.5 Å². The van der Waals surface area contributed by atoms with E-state index in [4.69, 9.17) is 4.74 Å². The number of nitrogens with zero attached hydrogens (tertiary/aromatic N) is 1. The predicted molar refractivity (Wildman–Crippen MR) is 69.9 cm³/mol. The van der Waals surface area contributed by atoms with Crippen LogP contribution in [0.15, 0.2) is 10.5 Å². The van der Waals surface area contributed by atoms with Crippen LogP contribution >= 0.6 is 38.5 Å². The standard InChI is InChI=1S/C10H9BrF2INO2/c1-2-17-8(16)4-7-6(11)3-5(9(12)13)10(14)15-7/h3,9H,2,4H2,1H3. The van der Waals surface area contributed by atoms with Gasteiger partial charge in [0.1, 0.15) is 3.70 Å². The Kier molecular flexibility index (Phi) is 5.71. The molecule has 17 heavy (non-hydrogen) atoms. The number of carbonyl (C=O) groups excluding carboxylic acids is 1. The van der Waals surface area contributed by atoms with Crippen LogP contribution in [-0.2, 0) is 16.0 Å². The Morgan fingerprint density at radius 3 is 2.82 bits per heavy atom. The molecule has 1 aromatic heterocycles. The van der Waals surface area contributed by atoms with Crippen molar-refractivity contribution in [3.63, 3.8) is 0 Å². The van der Waals surface area contributed by atoms with E-state index in [1.165, 1.54) is 6.07 Å². The van der Waals surface area contributed by atoms with Crippen molar-refractivity contribution in [3.8, 4) is 0 Å². The maximum atomic E-state index is 12.6. The number of pyridine rings is 1. The zero-order valence-electron chi connectivity index (χ0n) is 8.84. The molecule has 1 aromatic rings. The van der Waals surface area contributed by atoms with Gasteiger partial charge in [0.25, 0.3) is 6.43 Å². The van der Waals surface area contributed by atoms with Gasteiger partial charge < -0.3 is 4.74 Å². The van der Waals surface area contributed by atoms with E-state index in [9.17, 15) is 13.6 Å². The first-order chi connectivity index (χ1) is 7.95. The lowest BCUT2D eigenvalue weighted by atomic mass is 10.2. The topological polar surface area (TPSA) is 39.2 Å². The number of halogens is 4. The summed E-state index contributed by atoms with van der Waals surface area (Å²) in [7, 11) is 0. The van der Waals surface area contributed by atoms with Crippen molar-refractivity contribution in [1.29, 1.82) is 0 Å². The summed E-state index contributed by atoms with van der Waals surface area (Å²) in [5, 5.41) is 0. The van der Waals surface area contributed by atoms with Crippen LogP contribution in [-0.4, -0.2) is 17.6 Å². The number of carbonyl (C=O) groups is 1. The minimum atomic E-state index is -2.58. The van der Waals surface area contributed by atoms with Crippen LogP contribution in [0, 0.1) is 3.70 Å². The van der Waals surface area contributed by atoms with Gasteiger partial charge in [-0.3, -0.25) is 4.79 Å². The van der Waals surface area contributed by atoms with Crippen LogP contribution < -0.4 is 0 Å². The fraction of sp³-hybridized carbons (Fsp3) is 0.400. The molecule has 0 saturated heterocycles. The average molecular weight is 420 g/mol. The third kappa shape index (κ3) is 4.13. The number of esters is 1. The SMILES string of the molecule is CCOC(=O)Cc1nc(I)c(C(F)F)cc1Br. The largest absolute Gasteiger partial charge is 0.466 e. The van der Waals surface area contributed by atoms with Gasteiger partial charge in [-0.15, -0.1) is 0 Å². The van der Waals surface area contributed by atoms with E-state index in [1.807, 2.05) is 0 Å². The summed E-state index contributed by atoms with van der Waals surface area (Å²) in [5.74, 6) is -0.429. The van der Waals surface area contributed by atoms with E-state index in [-0.39, 0.29) is 22.3 Å². The van der Waals surface area contributed by atoms with E-state index < -0.39 is 12.4 Å². The average Bonchev–Trinajstić information content (AvgIpc) is 2.22. The minimum Gasteiger partial charge on any atom is -0.466 e. The van der Waals surface area contributed by atoms with Crippen LogP contribution in [0.25, 0.3) is 0 Å². The van der Waals surface area contributed by atoms with Gasteiger partial charge in [-0.2, -0.15) is 0 Å². The normalized spacial score (nSPS) is 10.7. The molecule has 1 rings (SSSR count). The summed E-state index contributed by atoms with van der Waals surface area (Å²) in [6.07, 6.45) is -2.61. The molecule has 0 aliphatic carbocycles. The molecule has 0 bridgehead atoms. The van der Waals surface area contributed by atoms with Crippen LogP contribution in [0.4, 0.5) is 8.78 Å². The highest BCUT2D eigenvalue weighted by Crippen LogP contribution is 2.28. The molecule has 0 spiro atoms. The molecule has 0 aromatic carbocycles. The Morgan fingerprint density at radius 2 is 2.29 bits per heavy atom. The van der Waals surface area contributed by atoms with Gasteiger partial charge >= 0.3 is 5.97 Å². The van der Waals surface area contributed by atoms with Crippen molar-refractivity contribution >= 4 is 44.5 Å². The Labute approximate surface area is 119 Å². The molecular weight excluding hydrogens is 411 g/mol. The second-order valence-corrected chi connectivity index (χ2v) is 4.96. The first-order valence-electron chi connectivity index (χ1n) is 4.74. The Bertz CT molecular complexity index is 429. The first kappa shape index (κ1) is 14.7. The number of aromatic nitrogens is 1. The summed E-state index contributed by atoms with van der Waals surface area (Å²) in [5.41, 5.74) is 0.252. The van der Waals surface area contributed by atoms with Crippen molar-refractivity contribution in [1.82, 2.24) is 4.98 Å². The van der Waals surface area contributed by atoms with Gasteiger partial charge in [-0.25, -0.2) is 13.8 Å². The molecule has 0 aliphatic heterocycles. The molecule has 0 fully saturated rings. The number of ether oxygens (including phenoxy) is 1. The fourth-order valence-corrected chi connectivity index (χ4v) is 2.30. The zero-order valence-corrected chi connectivity index (χ0v) is 12.6. The van der Waals surface area contributed by atoms with Crippen LogP contribution in [0.3, 0.4) is 0 Å². The molecule has 1 heterocycles. The van der Waals surface area contributed by atoms with E-state index >= 15 is 0 Å². The van der Waals surface area contributed by atoms with Crippen LogP contribution in [0.1, 0.15) is 24.6 Å². The molecule has 0 N–H and O–H groups in total. The highest BCUT2D eigenvalue weighted by molar-refractivity contribution is 14.1. The Morgan fingerprint density at radius 1 is 1.65 bits per heavy atom. The summed E-state index contributed by atoms with van der Waals surface area (Å²) in [6, 6.07) is 1.29. The quantitative estimate of drug-likeness (QED) is 0.426. The summed E-state index contributed by atoms with van der Waals surface area (Å²) >= 11 is 4.84. The van der Waals surface area contributed by atoms with Crippen LogP contribution in [0.5, 0.6) is 0 Å². The lowest BCUT2D eigenvalue weighted by molar-refractivity contribution is -0.142. The van der Waals surface area contributed by atoms with Crippen molar-refractivity contribution in [2.45, 2.75) is 19.8 Å². The molecule has 0 unspecified atom stereocenters. The molecule has 0 aliphatic rings. The number of hydrogen-bond acceptors (Lipinski definition) is 3. The van der Waals surface area contributed by atoms with Gasteiger partial charge in [0, 0.05) is 4.47 Å². The maximum absolute atomic E-state index is 12.6. The predicted octanol–water partition coefficient (Wildman–Crippen LogP) is 3.49. The second kappa shape index (κ2) is 6.58. The Balaban J connectivity index is 2.95. The highest BCUT2D eigenvalue weighted by Gasteiger charge is 2.17. The lowest BCUT2D eigenvalue weighted by Gasteiger charge is -2.08. The number of alkyl halides is 2. The van der Waals surface area contributed by atoms with E-state index in [0.717, 1.165) is 0 Å². The van der Waals surface area contributed by atoms with Gasteiger partial charge in [0.2, 0.25) is 0 Å². The van der Waals surface area contributed by atoms with Gasteiger partial charge in [-0.1, -0.05) is 0 Å². The molecular formula is C10H9BrF2INO2. The summed E-state index contributed by atoms with van der Waals surface area (Å²) in [4.78, 5) is 15.2. The molecule has 0 radical (unpaired) electrons. The van der Waals surface area contributed by atoms with Crippen molar-refractivity contribution in [2.24, 2.45) is 0 Å². The van der Waals surface area contributed by atoms with Crippen molar-refractivity contribution < 1.29 is 18.3 Å². The van der Waals surface area contributed by atoms with Gasteiger partial charge in [0.05, 0.1) is 24.3 Å². The zero-order chi connectivity index (χ0) is 13.0. The minimum absolute atomic E-state index is 0.0338. The maximum Gasteiger partial charge on any atom is 0.311 e. The summed E-state index contributed by atoms with van der Waals surface area (Å²) in [6.45, 7) is 1.98. The molecule has 7 heteroatoms. The lowest BCUT2D eigenvalue weighted by Crippen LogP contribution is -2.10. The van der Waals surface area contributed by atoms with Gasteiger partial charge in [0.15, 0.2) is 0 Å². The van der Waals surface area contributed by atoms with Crippen molar-refractivity contribution in [2.75, 3.05) is 6.61 Å². The first-order valence-corrected chi connectivity index (χ1v) is 6.61. The number of hydrogen-bond donors (Lipinski definition) is 0. The molecule has 0 amide bonds. The van der Waals surface area contributed by atoms with Crippen LogP contribution in [0.2, 0.25) is 0 Å². The molecule has 0 atom stereocenters. The Hall–Kier alpha value is -0.310. The third-order valence-corrected chi connectivity index (χ3v) is 3.43. The third-order valence-electron chi connectivity index (χ3n) is 1.88. The fourth-order valence-electron chi connectivity index (χ4n) is 1.14. The van der Waals surface area contributed by atoms with Gasteiger partial charge in [-0.05, 0) is 51.5 Å². The monoisotopic (exact) mass is 419 g/mol. The molecule has 0 saturated carbocycles. The second-order valence-electron chi connectivity index (χ2n) is 3.08. The van der Waals surface area contributed by atoms with E-state index in [2.05, 4.69) is 20.9 Å². The number of rotatable bonds is 4. The molecule has 94 valence electrons. The smallest absolute Gasteiger partial charge is 0.311 e.